The van der Waals surface area contributed by atoms with Gasteiger partial charge in [-0.3, -0.25) is 0 Å². The number of ether oxygens (including phenoxy) is 1. The molecule has 0 aliphatic carbocycles. The summed E-state index contributed by atoms with van der Waals surface area (Å²) >= 11 is 1.61. The van der Waals surface area contributed by atoms with Gasteiger partial charge in [0.1, 0.15) is 0 Å². The van der Waals surface area contributed by atoms with Crippen molar-refractivity contribution in [3.63, 3.8) is 0 Å². The summed E-state index contributed by atoms with van der Waals surface area (Å²) in [5.74, 6) is 0. The summed E-state index contributed by atoms with van der Waals surface area (Å²) in [7, 11) is 0. The van der Waals surface area contributed by atoms with Crippen LogP contribution in [0.1, 0.15) is 17.6 Å². The molecular formula is C9H15NO2S. The van der Waals surface area contributed by atoms with Gasteiger partial charge >= 0.3 is 0 Å². The molecule has 0 saturated carbocycles. The summed E-state index contributed by atoms with van der Waals surface area (Å²) in [4.78, 5) is 4.26. The number of aryl methyl sites for hydroxylation is 1. The van der Waals surface area contributed by atoms with E-state index in [-0.39, 0.29) is 0 Å². The van der Waals surface area contributed by atoms with E-state index >= 15 is 0 Å². The maximum absolute atomic E-state index is 9.48. The first-order valence-electron chi connectivity index (χ1n) is 4.39. The predicted molar refractivity (Wildman–Crippen MR) is 53.1 cm³/mol. The van der Waals surface area contributed by atoms with Crippen molar-refractivity contribution in [2.45, 2.75) is 26.4 Å². The molecule has 0 saturated heterocycles. The van der Waals surface area contributed by atoms with Gasteiger partial charge in [-0.15, -0.1) is 11.3 Å². The van der Waals surface area contributed by atoms with Crippen LogP contribution in [0.5, 0.6) is 0 Å². The highest BCUT2D eigenvalue weighted by molar-refractivity contribution is 7.09. The second-order valence-corrected chi connectivity index (χ2v) is 3.94. The molecule has 1 rings (SSSR count). The zero-order valence-electron chi connectivity index (χ0n) is 7.99. The van der Waals surface area contributed by atoms with E-state index in [2.05, 4.69) is 4.98 Å². The average molecular weight is 201 g/mol. The molecule has 0 aliphatic heterocycles. The van der Waals surface area contributed by atoms with Crippen molar-refractivity contribution in [2.24, 2.45) is 0 Å². The van der Waals surface area contributed by atoms with Crippen molar-refractivity contribution in [3.8, 4) is 0 Å². The Bertz CT molecular complexity index is 250. The van der Waals surface area contributed by atoms with Gasteiger partial charge in [0.25, 0.3) is 0 Å². The molecule has 0 spiro atoms. The maximum atomic E-state index is 9.48. The maximum Gasteiger partial charge on any atom is 0.0897 e. The van der Waals surface area contributed by atoms with Crippen molar-refractivity contribution in [1.82, 2.24) is 4.98 Å². The van der Waals surface area contributed by atoms with E-state index in [0.29, 0.717) is 19.6 Å². The summed E-state index contributed by atoms with van der Waals surface area (Å²) in [6.45, 7) is 4.92. The second-order valence-electron chi connectivity index (χ2n) is 2.88. The molecule has 1 aromatic heterocycles. The topological polar surface area (TPSA) is 42.4 Å². The summed E-state index contributed by atoms with van der Waals surface area (Å²) in [6.07, 6.45) is 0.158. The monoisotopic (exact) mass is 201 g/mol. The molecule has 1 unspecified atom stereocenters. The van der Waals surface area contributed by atoms with Gasteiger partial charge in [-0.1, -0.05) is 0 Å². The van der Waals surface area contributed by atoms with Crippen LogP contribution < -0.4 is 0 Å². The van der Waals surface area contributed by atoms with Gasteiger partial charge in [0, 0.05) is 18.4 Å². The van der Waals surface area contributed by atoms with Crippen molar-refractivity contribution < 1.29 is 9.84 Å². The molecule has 13 heavy (non-hydrogen) atoms. The SMILES string of the molecule is CCOCC(O)Cc1csc(C)n1. The molecule has 0 aliphatic rings. The lowest BCUT2D eigenvalue weighted by atomic mass is 10.2. The van der Waals surface area contributed by atoms with Crippen molar-refractivity contribution in [3.05, 3.63) is 16.1 Å². The minimum absolute atomic E-state index is 0.396. The van der Waals surface area contributed by atoms with Crippen LogP contribution in [0.25, 0.3) is 0 Å². The highest BCUT2D eigenvalue weighted by Crippen LogP contribution is 2.09. The molecule has 74 valence electrons. The molecule has 1 aromatic rings. The van der Waals surface area contributed by atoms with Gasteiger partial charge in [0.15, 0.2) is 0 Å². The lowest BCUT2D eigenvalue weighted by molar-refractivity contribution is 0.0426. The zero-order chi connectivity index (χ0) is 9.68. The number of thiazole rings is 1. The highest BCUT2D eigenvalue weighted by Gasteiger charge is 2.07. The molecule has 0 fully saturated rings. The Hall–Kier alpha value is -0.450. The van der Waals surface area contributed by atoms with Gasteiger partial charge in [0.2, 0.25) is 0 Å². The van der Waals surface area contributed by atoms with E-state index in [1.807, 2.05) is 19.2 Å². The summed E-state index contributed by atoms with van der Waals surface area (Å²) in [5, 5.41) is 12.5. The Morgan fingerprint density at radius 3 is 3.00 bits per heavy atom. The Morgan fingerprint density at radius 2 is 2.46 bits per heavy atom. The van der Waals surface area contributed by atoms with Gasteiger partial charge in [-0.25, -0.2) is 4.98 Å². The molecule has 4 heteroatoms. The molecule has 1 atom stereocenters. The number of hydrogen-bond donors (Lipinski definition) is 1. The van der Waals surface area contributed by atoms with Crippen LogP contribution in [0, 0.1) is 6.92 Å². The van der Waals surface area contributed by atoms with E-state index in [4.69, 9.17) is 4.74 Å². The Kier molecular flexibility index (Phi) is 4.35. The van der Waals surface area contributed by atoms with Gasteiger partial charge < -0.3 is 9.84 Å². The normalized spacial score (nSPS) is 13.2. The summed E-state index contributed by atoms with van der Waals surface area (Å²) in [6, 6.07) is 0. The van der Waals surface area contributed by atoms with E-state index < -0.39 is 6.10 Å². The highest BCUT2D eigenvalue weighted by atomic mass is 32.1. The van der Waals surface area contributed by atoms with Crippen LogP contribution >= 0.6 is 11.3 Å². The number of rotatable bonds is 5. The quantitative estimate of drug-likeness (QED) is 0.783. The number of aromatic nitrogens is 1. The lowest BCUT2D eigenvalue weighted by Gasteiger charge is -2.07. The van der Waals surface area contributed by atoms with E-state index in [1.165, 1.54) is 0 Å². The largest absolute Gasteiger partial charge is 0.390 e. The molecule has 0 bridgehead atoms. The summed E-state index contributed by atoms with van der Waals surface area (Å²) < 4.78 is 5.10. The van der Waals surface area contributed by atoms with Gasteiger partial charge in [-0.05, 0) is 13.8 Å². The molecule has 1 N–H and O–H groups in total. The molecule has 0 radical (unpaired) electrons. The van der Waals surface area contributed by atoms with Crippen LogP contribution in [0.15, 0.2) is 5.38 Å². The smallest absolute Gasteiger partial charge is 0.0897 e. The first-order chi connectivity index (χ1) is 6.22. The minimum Gasteiger partial charge on any atom is -0.390 e. The van der Waals surface area contributed by atoms with Crippen LogP contribution in [-0.4, -0.2) is 29.4 Å². The van der Waals surface area contributed by atoms with Crippen molar-refractivity contribution in [1.29, 1.82) is 0 Å². The standard InChI is InChI=1S/C9H15NO2S/c1-3-12-5-9(11)4-8-6-13-7(2)10-8/h6,9,11H,3-5H2,1-2H3. The molecule has 0 amide bonds. The number of nitrogens with zero attached hydrogens (tertiary/aromatic N) is 1. The molecular weight excluding hydrogens is 186 g/mol. The third-order valence-electron chi connectivity index (χ3n) is 1.63. The first kappa shape index (κ1) is 10.6. The molecule has 1 heterocycles. The van der Waals surface area contributed by atoms with E-state index in [1.54, 1.807) is 11.3 Å². The number of aliphatic hydroxyl groups is 1. The van der Waals surface area contributed by atoms with Crippen LogP contribution in [0.2, 0.25) is 0 Å². The fourth-order valence-electron chi connectivity index (χ4n) is 1.06. The predicted octanol–water partition coefficient (Wildman–Crippen LogP) is 1.39. The van der Waals surface area contributed by atoms with Crippen LogP contribution in [0.3, 0.4) is 0 Å². The van der Waals surface area contributed by atoms with E-state index in [9.17, 15) is 5.11 Å². The first-order valence-corrected chi connectivity index (χ1v) is 5.27. The van der Waals surface area contributed by atoms with Crippen LogP contribution in [-0.2, 0) is 11.2 Å². The fraction of sp³-hybridized carbons (Fsp3) is 0.667. The minimum atomic E-state index is -0.429. The third-order valence-corrected chi connectivity index (χ3v) is 2.45. The Balaban J connectivity index is 2.31. The fourth-order valence-corrected chi connectivity index (χ4v) is 1.68. The van der Waals surface area contributed by atoms with Crippen molar-refractivity contribution in [2.75, 3.05) is 13.2 Å². The average Bonchev–Trinajstić information content (AvgIpc) is 2.48. The van der Waals surface area contributed by atoms with Crippen LogP contribution in [0.4, 0.5) is 0 Å². The zero-order valence-corrected chi connectivity index (χ0v) is 8.80. The Morgan fingerprint density at radius 1 is 1.69 bits per heavy atom. The van der Waals surface area contributed by atoms with Crippen molar-refractivity contribution >= 4 is 11.3 Å². The van der Waals surface area contributed by atoms with Gasteiger partial charge in [0.05, 0.1) is 23.4 Å². The van der Waals surface area contributed by atoms with E-state index in [0.717, 1.165) is 10.7 Å². The lowest BCUT2D eigenvalue weighted by Crippen LogP contribution is -2.18. The molecule has 3 nitrogen and oxygen atoms in total. The Labute approximate surface area is 82.4 Å². The summed E-state index contributed by atoms with van der Waals surface area (Å²) in [5.41, 5.74) is 0.953. The second kappa shape index (κ2) is 5.32. The third kappa shape index (κ3) is 3.85. The van der Waals surface area contributed by atoms with Gasteiger partial charge in [-0.2, -0.15) is 0 Å². The number of aliphatic hydroxyl groups excluding tert-OH is 1. The number of hydrogen-bond acceptors (Lipinski definition) is 4. The molecule has 0 aromatic carbocycles.